The number of hydrogen-bond acceptors (Lipinski definition) is 3. The van der Waals surface area contributed by atoms with Gasteiger partial charge in [-0.2, -0.15) is 4.99 Å². The lowest BCUT2D eigenvalue weighted by atomic mass is 11.1. The monoisotopic (exact) mass is 83.0 g/mol. The molecule has 3 heteroatoms. The van der Waals surface area contributed by atoms with Crippen molar-refractivity contribution in [2.24, 2.45) is 9.98 Å². The van der Waals surface area contributed by atoms with E-state index in [0.29, 0.717) is 6.73 Å². The molecule has 1 aliphatic rings. The van der Waals surface area contributed by atoms with Crippen molar-refractivity contribution in [1.82, 2.24) is 0 Å². The molecule has 0 aliphatic carbocycles. The smallest absolute Gasteiger partial charge is 0.281 e. The molecule has 0 unspecified atom stereocenters. The maximum atomic E-state index is 4.45. The Kier molecular flexibility index (Phi) is 0.859. The highest BCUT2D eigenvalue weighted by molar-refractivity contribution is 5.69. The molecule has 0 amide bonds. The minimum atomic E-state index is 0.365. The van der Waals surface area contributed by atoms with E-state index in [1.165, 1.54) is 6.34 Å². The molecule has 1 aliphatic heterocycles. The zero-order valence-corrected chi connectivity index (χ0v) is 3.09. The van der Waals surface area contributed by atoms with E-state index in [0.717, 1.165) is 0 Å². The van der Waals surface area contributed by atoms with Crippen molar-refractivity contribution in [3.8, 4) is 0 Å². The van der Waals surface area contributed by atoms with E-state index >= 15 is 0 Å². The summed E-state index contributed by atoms with van der Waals surface area (Å²) in [6, 6.07) is 0. The third-order valence-corrected chi connectivity index (χ3v) is 0.396. The first-order chi connectivity index (χ1) is 3.00. The highest BCUT2D eigenvalue weighted by Crippen LogP contribution is 1.75. The van der Waals surface area contributed by atoms with Crippen molar-refractivity contribution in [2.75, 3.05) is 6.73 Å². The lowest BCUT2D eigenvalue weighted by molar-refractivity contribution is 0.331. The van der Waals surface area contributed by atoms with Crippen molar-refractivity contribution in [1.29, 1.82) is 0 Å². The van der Waals surface area contributed by atoms with Gasteiger partial charge in [0.05, 0.1) is 0 Å². The van der Waals surface area contributed by atoms with Crippen molar-refractivity contribution in [3.05, 3.63) is 0 Å². The van der Waals surface area contributed by atoms with Gasteiger partial charge in [-0.25, -0.2) is 4.99 Å². The Morgan fingerprint density at radius 3 is 3.00 bits per heavy atom. The number of hydrogen-bond donors (Lipinski definition) is 0. The second-order valence-corrected chi connectivity index (χ2v) is 0.792. The van der Waals surface area contributed by atoms with Crippen molar-refractivity contribution < 1.29 is 4.74 Å². The van der Waals surface area contributed by atoms with Gasteiger partial charge in [0, 0.05) is 0 Å². The van der Waals surface area contributed by atoms with Crippen LogP contribution >= 0.6 is 0 Å². The lowest BCUT2D eigenvalue weighted by Crippen LogP contribution is -1.92. The Labute approximate surface area is 35.4 Å². The van der Waals surface area contributed by atoms with Crippen LogP contribution in [-0.2, 0) is 4.74 Å². The number of aliphatic imine (C=N–C) groups is 2. The van der Waals surface area contributed by atoms with E-state index in [-0.39, 0.29) is 0 Å². The molecule has 3 nitrogen and oxygen atoms in total. The van der Waals surface area contributed by atoms with Crippen LogP contribution in [-0.4, -0.2) is 19.5 Å². The second-order valence-electron chi connectivity index (χ2n) is 0.792. The summed E-state index contributed by atoms with van der Waals surface area (Å²) in [4.78, 5) is 7.01. The Morgan fingerprint density at radius 2 is 2.83 bits per heavy atom. The number of nitrogens with zero attached hydrogens (tertiary/aromatic N) is 2. The molecular formula is C3H3N2O. The second kappa shape index (κ2) is 1.55. The van der Waals surface area contributed by atoms with E-state index < -0.39 is 0 Å². The normalized spacial score (nSPS) is 17.3. The van der Waals surface area contributed by atoms with Crippen LogP contribution in [0.2, 0.25) is 0 Å². The average Bonchev–Trinajstić information content (AvgIpc) is 1.72. The summed E-state index contributed by atoms with van der Waals surface area (Å²) >= 11 is 0. The predicted octanol–water partition coefficient (Wildman–Crippen LogP) is -0.0923. The van der Waals surface area contributed by atoms with Gasteiger partial charge < -0.3 is 4.74 Å². The first-order valence-corrected chi connectivity index (χ1v) is 1.55. The van der Waals surface area contributed by atoms with E-state index in [4.69, 9.17) is 0 Å². The van der Waals surface area contributed by atoms with Crippen molar-refractivity contribution in [2.45, 2.75) is 0 Å². The summed E-state index contributed by atoms with van der Waals surface area (Å²) in [6.07, 6.45) is 3.67. The van der Waals surface area contributed by atoms with E-state index in [2.05, 4.69) is 21.1 Å². The van der Waals surface area contributed by atoms with Crippen LogP contribution in [0.5, 0.6) is 0 Å². The molecule has 0 N–H and O–H groups in total. The van der Waals surface area contributed by atoms with Gasteiger partial charge in [0.25, 0.3) is 6.40 Å². The van der Waals surface area contributed by atoms with Crippen LogP contribution in [0.4, 0.5) is 0 Å². The maximum absolute atomic E-state index is 4.45. The SMILES string of the molecule is [C]1=NC=NCO1. The first-order valence-electron chi connectivity index (χ1n) is 1.55. The number of rotatable bonds is 0. The number of ether oxygens (including phenoxy) is 1. The molecule has 0 bridgehead atoms. The molecule has 0 saturated heterocycles. The largest absolute Gasteiger partial charge is 0.450 e. The van der Waals surface area contributed by atoms with E-state index in [9.17, 15) is 0 Å². The summed E-state index contributed by atoms with van der Waals surface area (Å²) < 4.78 is 4.45. The zero-order valence-electron chi connectivity index (χ0n) is 3.09. The van der Waals surface area contributed by atoms with Crippen molar-refractivity contribution >= 4 is 12.7 Å². The fourth-order valence-electron chi connectivity index (χ4n) is 0.201. The maximum Gasteiger partial charge on any atom is 0.281 e. The van der Waals surface area contributed by atoms with Gasteiger partial charge in [-0.15, -0.1) is 0 Å². The van der Waals surface area contributed by atoms with Gasteiger partial charge in [-0.05, 0) is 0 Å². The predicted molar refractivity (Wildman–Crippen MR) is 21.9 cm³/mol. The third-order valence-electron chi connectivity index (χ3n) is 0.396. The van der Waals surface area contributed by atoms with Crippen LogP contribution in [0.25, 0.3) is 0 Å². The van der Waals surface area contributed by atoms with Crippen molar-refractivity contribution in [3.63, 3.8) is 0 Å². The quantitative estimate of drug-likeness (QED) is 0.403. The van der Waals surface area contributed by atoms with Crippen LogP contribution in [0, 0.1) is 0 Å². The summed E-state index contributed by atoms with van der Waals surface area (Å²) in [6.45, 7) is 0.365. The highest BCUT2D eigenvalue weighted by Gasteiger charge is 1.78. The molecule has 6 heavy (non-hydrogen) atoms. The molecule has 31 valence electrons. The molecule has 0 atom stereocenters. The summed E-state index contributed by atoms with van der Waals surface area (Å²) in [5.74, 6) is 0. The molecule has 1 rings (SSSR count). The Hall–Kier alpha value is -0.860. The van der Waals surface area contributed by atoms with Gasteiger partial charge >= 0.3 is 0 Å². The van der Waals surface area contributed by atoms with Crippen LogP contribution in [0.15, 0.2) is 9.98 Å². The molecule has 1 heterocycles. The van der Waals surface area contributed by atoms with Crippen LogP contribution in [0.1, 0.15) is 0 Å². The first kappa shape index (κ1) is 3.33. The topological polar surface area (TPSA) is 34.0 Å². The molecular weight excluding hydrogens is 80.0 g/mol. The Morgan fingerprint density at radius 1 is 1.83 bits per heavy atom. The van der Waals surface area contributed by atoms with Crippen LogP contribution in [0.3, 0.4) is 0 Å². The molecule has 1 radical (unpaired) electrons. The van der Waals surface area contributed by atoms with Crippen LogP contribution < -0.4 is 0 Å². The molecule has 0 aromatic rings. The van der Waals surface area contributed by atoms with E-state index in [1.54, 1.807) is 0 Å². The molecule has 0 aromatic heterocycles. The fourth-order valence-corrected chi connectivity index (χ4v) is 0.201. The minimum absolute atomic E-state index is 0.365. The zero-order chi connectivity index (χ0) is 4.24. The van der Waals surface area contributed by atoms with Gasteiger partial charge in [-0.3, -0.25) is 0 Å². The molecule has 0 aromatic carbocycles. The average molecular weight is 83.1 g/mol. The van der Waals surface area contributed by atoms with E-state index in [1.807, 2.05) is 0 Å². The summed E-state index contributed by atoms with van der Waals surface area (Å²) in [5.41, 5.74) is 0. The Bertz CT molecular complexity index is 74.8. The fraction of sp³-hybridized carbons (Fsp3) is 0.333. The molecule has 0 saturated carbocycles. The third kappa shape index (κ3) is 0.544. The Balaban J connectivity index is 2.46. The van der Waals surface area contributed by atoms with Gasteiger partial charge in [0.15, 0.2) is 6.73 Å². The van der Waals surface area contributed by atoms with Gasteiger partial charge in [0.2, 0.25) is 0 Å². The summed E-state index contributed by atoms with van der Waals surface area (Å²) in [7, 11) is 0. The molecule has 0 fully saturated rings. The molecule has 0 spiro atoms. The standard InChI is InChI=1S/C3H3N2O/c1-4-2-6-3-5-1/h1H,2H2. The van der Waals surface area contributed by atoms with Gasteiger partial charge in [0.1, 0.15) is 6.34 Å². The lowest BCUT2D eigenvalue weighted by Gasteiger charge is -1.91. The van der Waals surface area contributed by atoms with Gasteiger partial charge in [-0.1, -0.05) is 0 Å². The minimum Gasteiger partial charge on any atom is -0.450 e. The summed E-state index contributed by atoms with van der Waals surface area (Å²) in [5, 5.41) is 0. The highest BCUT2D eigenvalue weighted by atomic mass is 16.5.